The first-order valence-electron chi connectivity index (χ1n) is 5.06. The fourth-order valence-electron chi connectivity index (χ4n) is 1.76. The van der Waals surface area contributed by atoms with Crippen molar-refractivity contribution in [2.75, 3.05) is 7.11 Å². The van der Waals surface area contributed by atoms with Gasteiger partial charge in [-0.1, -0.05) is 12.1 Å². The van der Waals surface area contributed by atoms with Gasteiger partial charge in [0.05, 0.1) is 12.7 Å². The van der Waals surface area contributed by atoms with Gasteiger partial charge in [-0.3, -0.25) is 10.0 Å². The number of hydroxylamine groups is 1. The van der Waals surface area contributed by atoms with Crippen molar-refractivity contribution in [1.29, 1.82) is 0 Å². The van der Waals surface area contributed by atoms with Crippen LogP contribution < -0.4 is 10.2 Å². The van der Waals surface area contributed by atoms with Crippen LogP contribution in [0.5, 0.6) is 5.75 Å². The summed E-state index contributed by atoms with van der Waals surface area (Å²) in [6, 6.07) is 6.92. The molecule has 17 heavy (non-hydrogen) atoms. The third-order valence-electron chi connectivity index (χ3n) is 2.50. The van der Waals surface area contributed by atoms with E-state index in [0.29, 0.717) is 27.9 Å². The number of fused-ring (bicyclic) bond motifs is 1. The molecule has 0 spiro atoms. The first kappa shape index (κ1) is 11.3. The first-order chi connectivity index (χ1) is 8.17. The summed E-state index contributed by atoms with van der Waals surface area (Å²) in [5, 5.41) is 9.35. The molecule has 88 valence electrons. The van der Waals surface area contributed by atoms with Gasteiger partial charge in [0.25, 0.3) is 5.91 Å². The summed E-state index contributed by atoms with van der Waals surface area (Å²) in [5.41, 5.74) is 3.29. The topological polar surface area (TPSA) is 71.5 Å². The lowest BCUT2D eigenvalue weighted by Crippen LogP contribution is -2.19. The molecule has 0 saturated carbocycles. The Labute approximate surface area is 98.0 Å². The highest BCUT2D eigenvalue weighted by Gasteiger charge is 2.13. The van der Waals surface area contributed by atoms with Crippen molar-refractivity contribution in [3.8, 4) is 5.75 Å². The summed E-state index contributed by atoms with van der Waals surface area (Å²) in [5.74, 6) is 0.0342. The fraction of sp³-hybridized carbons (Fsp3) is 0.167. The SMILES string of the molecule is COc1cccc2c(C(=O)NO)cc(C)nc12. The number of aryl methyl sites for hydroxylation is 1. The Balaban J connectivity index is 2.81. The molecule has 0 saturated heterocycles. The summed E-state index contributed by atoms with van der Waals surface area (Å²) in [6.07, 6.45) is 0. The molecule has 1 amide bonds. The van der Waals surface area contributed by atoms with Crippen LogP contribution in [0.25, 0.3) is 10.9 Å². The van der Waals surface area contributed by atoms with Gasteiger partial charge in [0, 0.05) is 11.1 Å². The van der Waals surface area contributed by atoms with Gasteiger partial charge in [-0.05, 0) is 19.1 Å². The zero-order valence-electron chi connectivity index (χ0n) is 9.52. The predicted octanol–water partition coefficient (Wildman–Crippen LogP) is 1.67. The van der Waals surface area contributed by atoms with E-state index in [9.17, 15) is 4.79 Å². The lowest BCUT2D eigenvalue weighted by Gasteiger charge is -2.09. The van der Waals surface area contributed by atoms with Crippen LogP contribution in [0, 0.1) is 6.92 Å². The summed E-state index contributed by atoms with van der Waals surface area (Å²) in [4.78, 5) is 15.9. The molecule has 0 unspecified atom stereocenters. The third kappa shape index (κ3) is 1.92. The number of rotatable bonds is 2. The number of hydrogen-bond donors (Lipinski definition) is 2. The zero-order chi connectivity index (χ0) is 12.4. The van der Waals surface area contributed by atoms with Crippen LogP contribution in [-0.4, -0.2) is 23.2 Å². The Bertz CT molecular complexity index is 581. The van der Waals surface area contributed by atoms with E-state index < -0.39 is 5.91 Å². The van der Waals surface area contributed by atoms with Crippen LogP contribution in [0.2, 0.25) is 0 Å². The summed E-state index contributed by atoms with van der Waals surface area (Å²) >= 11 is 0. The number of para-hydroxylation sites is 1. The van der Waals surface area contributed by atoms with Crippen molar-refractivity contribution in [3.05, 3.63) is 35.5 Å². The summed E-state index contributed by atoms with van der Waals surface area (Å²) in [6.45, 7) is 1.78. The molecule has 2 N–H and O–H groups in total. The number of amides is 1. The van der Waals surface area contributed by atoms with Crippen LogP contribution in [0.3, 0.4) is 0 Å². The Kier molecular flexibility index (Phi) is 2.93. The van der Waals surface area contributed by atoms with E-state index >= 15 is 0 Å². The second kappa shape index (κ2) is 4.39. The van der Waals surface area contributed by atoms with Crippen LogP contribution in [-0.2, 0) is 0 Å². The van der Waals surface area contributed by atoms with Crippen LogP contribution in [0.15, 0.2) is 24.3 Å². The van der Waals surface area contributed by atoms with Crippen LogP contribution in [0.4, 0.5) is 0 Å². The highest BCUT2D eigenvalue weighted by molar-refractivity contribution is 6.06. The van der Waals surface area contributed by atoms with E-state index in [4.69, 9.17) is 9.94 Å². The van der Waals surface area contributed by atoms with E-state index in [-0.39, 0.29) is 0 Å². The standard InChI is InChI=1S/C12H12N2O3/c1-7-6-9(12(15)14-16)8-4-3-5-10(17-2)11(8)13-7/h3-6,16H,1-2H3,(H,14,15). The average molecular weight is 232 g/mol. The number of aromatic nitrogens is 1. The molecule has 0 aliphatic heterocycles. The second-order valence-corrected chi connectivity index (χ2v) is 3.61. The largest absolute Gasteiger partial charge is 0.494 e. The average Bonchev–Trinajstić information content (AvgIpc) is 2.36. The number of hydrogen-bond acceptors (Lipinski definition) is 4. The molecule has 5 heteroatoms. The number of ether oxygens (including phenoxy) is 1. The van der Waals surface area contributed by atoms with Gasteiger partial charge in [0.2, 0.25) is 0 Å². The Morgan fingerprint density at radius 3 is 2.88 bits per heavy atom. The molecule has 0 radical (unpaired) electrons. The monoisotopic (exact) mass is 232 g/mol. The zero-order valence-corrected chi connectivity index (χ0v) is 9.52. The van der Waals surface area contributed by atoms with Crippen molar-refractivity contribution in [2.45, 2.75) is 6.92 Å². The molecule has 2 aromatic rings. The smallest absolute Gasteiger partial charge is 0.275 e. The maximum Gasteiger partial charge on any atom is 0.275 e. The maximum atomic E-state index is 11.5. The van der Waals surface area contributed by atoms with Crippen molar-refractivity contribution in [3.63, 3.8) is 0 Å². The molecule has 0 fully saturated rings. The number of nitrogens with one attached hydrogen (secondary N) is 1. The molecule has 2 rings (SSSR count). The van der Waals surface area contributed by atoms with Gasteiger partial charge >= 0.3 is 0 Å². The van der Waals surface area contributed by atoms with Gasteiger partial charge in [-0.15, -0.1) is 0 Å². The van der Waals surface area contributed by atoms with Gasteiger partial charge < -0.3 is 4.74 Å². The van der Waals surface area contributed by atoms with Crippen molar-refractivity contribution in [2.24, 2.45) is 0 Å². The molecular formula is C12H12N2O3. The molecular weight excluding hydrogens is 220 g/mol. The summed E-state index contributed by atoms with van der Waals surface area (Å²) < 4.78 is 5.19. The first-order valence-corrected chi connectivity index (χ1v) is 5.06. The van der Waals surface area contributed by atoms with Crippen LogP contribution >= 0.6 is 0 Å². The van der Waals surface area contributed by atoms with E-state index in [1.807, 2.05) is 0 Å². The minimum atomic E-state index is -0.561. The van der Waals surface area contributed by atoms with Crippen molar-refractivity contribution < 1.29 is 14.7 Å². The highest BCUT2D eigenvalue weighted by Crippen LogP contribution is 2.26. The molecule has 0 bridgehead atoms. The fourth-order valence-corrected chi connectivity index (χ4v) is 1.76. The van der Waals surface area contributed by atoms with E-state index in [0.717, 1.165) is 0 Å². The quantitative estimate of drug-likeness (QED) is 0.610. The lowest BCUT2D eigenvalue weighted by atomic mass is 10.1. The number of pyridine rings is 1. The number of carbonyl (C=O) groups is 1. The predicted molar refractivity (Wildman–Crippen MR) is 62.3 cm³/mol. The molecule has 0 aliphatic rings. The van der Waals surface area contributed by atoms with Gasteiger partial charge in [0.1, 0.15) is 11.3 Å². The van der Waals surface area contributed by atoms with Crippen molar-refractivity contribution in [1.82, 2.24) is 10.5 Å². The molecule has 1 aromatic heterocycles. The van der Waals surface area contributed by atoms with Gasteiger partial charge in [-0.2, -0.15) is 0 Å². The second-order valence-electron chi connectivity index (χ2n) is 3.61. The number of nitrogens with zero attached hydrogens (tertiary/aromatic N) is 1. The number of carbonyl (C=O) groups excluding carboxylic acids is 1. The van der Waals surface area contributed by atoms with E-state index in [1.165, 1.54) is 0 Å². The number of methoxy groups -OCH3 is 1. The number of benzene rings is 1. The molecule has 1 heterocycles. The van der Waals surface area contributed by atoms with Gasteiger partial charge in [0.15, 0.2) is 0 Å². The minimum Gasteiger partial charge on any atom is -0.494 e. The Morgan fingerprint density at radius 2 is 2.24 bits per heavy atom. The highest BCUT2D eigenvalue weighted by atomic mass is 16.5. The normalized spacial score (nSPS) is 10.3. The Morgan fingerprint density at radius 1 is 1.47 bits per heavy atom. The van der Waals surface area contributed by atoms with Crippen LogP contribution in [0.1, 0.15) is 16.1 Å². The summed E-state index contributed by atoms with van der Waals surface area (Å²) in [7, 11) is 1.55. The lowest BCUT2D eigenvalue weighted by molar-refractivity contribution is 0.0708. The van der Waals surface area contributed by atoms with Crippen molar-refractivity contribution >= 4 is 16.8 Å². The molecule has 1 aromatic carbocycles. The van der Waals surface area contributed by atoms with E-state index in [1.54, 1.807) is 43.8 Å². The minimum absolute atomic E-state index is 0.369. The molecule has 5 nitrogen and oxygen atoms in total. The molecule has 0 atom stereocenters. The van der Waals surface area contributed by atoms with E-state index in [2.05, 4.69) is 4.98 Å². The van der Waals surface area contributed by atoms with Gasteiger partial charge in [-0.25, -0.2) is 10.5 Å². The Hall–Kier alpha value is -2.14. The maximum absolute atomic E-state index is 11.5. The molecule has 0 aliphatic carbocycles. The third-order valence-corrected chi connectivity index (χ3v) is 2.50.